The fraction of sp³-hybridized carbons (Fsp3) is 0.500. The van der Waals surface area contributed by atoms with Gasteiger partial charge in [-0.1, -0.05) is 0 Å². The summed E-state index contributed by atoms with van der Waals surface area (Å²) in [7, 11) is 0. The Hall–Kier alpha value is -0.980. The highest BCUT2D eigenvalue weighted by molar-refractivity contribution is 9.10. The highest BCUT2D eigenvalue weighted by Gasteiger charge is 2.39. The van der Waals surface area contributed by atoms with Crippen LogP contribution in [0.5, 0.6) is 0 Å². The molecule has 0 bridgehead atoms. The van der Waals surface area contributed by atoms with Gasteiger partial charge in [-0.05, 0) is 35.0 Å². The molecule has 0 radical (unpaired) electrons. The molecule has 1 aliphatic heterocycles. The van der Waals surface area contributed by atoms with Crippen LogP contribution < -0.4 is 5.32 Å². The SMILES string of the molecule is CC1OCCC1(O)CNC(=O)c1ccnc(Br)c1. The fourth-order valence-corrected chi connectivity index (χ4v) is 2.25. The number of hydrogen-bond acceptors (Lipinski definition) is 4. The fourth-order valence-electron chi connectivity index (χ4n) is 1.88. The van der Waals surface area contributed by atoms with Crippen LogP contribution in [0.2, 0.25) is 0 Å². The summed E-state index contributed by atoms with van der Waals surface area (Å²) >= 11 is 3.21. The molecule has 0 aromatic carbocycles. The molecular weight excluding hydrogens is 300 g/mol. The van der Waals surface area contributed by atoms with Crippen LogP contribution in [0.4, 0.5) is 0 Å². The zero-order valence-electron chi connectivity index (χ0n) is 10.0. The lowest BCUT2D eigenvalue weighted by molar-refractivity contribution is -0.0251. The number of halogens is 1. The average Bonchev–Trinajstić information content (AvgIpc) is 2.67. The van der Waals surface area contributed by atoms with Gasteiger partial charge in [0.1, 0.15) is 10.2 Å². The molecule has 1 aromatic heterocycles. The van der Waals surface area contributed by atoms with E-state index in [9.17, 15) is 9.90 Å². The number of hydrogen-bond donors (Lipinski definition) is 2. The molecule has 0 saturated carbocycles. The Bertz CT molecular complexity index is 455. The minimum absolute atomic E-state index is 0.187. The monoisotopic (exact) mass is 314 g/mol. The Morgan fingerprint density at radius 2 is 2.56 bits per heavy atom. The van der Waals surface area contributed by atoms with Gasteiger partial charge < -0.3 is 15.2 Å². The molecule has 0 aliphatic carbocycles. The zero-order chi connectivity index (χ0) is 13.2. The van der Waals surface area contributed by atoms with Crippen molar-refractivity contribution in [2.75, 3.05) is 13.2 Å². The van der Waals surface area contributed by atoms with Crippen LogP contribution in [0.1, 0.15) is 23.7 Å². The van der Waals surface area contributed by atoms with Crippen LogP contribution in [0, 0.1) is 0 Å². The van der Waals surface area contributed by atoms with E-state index >= 15 is 0 Å². The summed E-state index contributed by atoms with van der Waals surface area (Å²) in [6.07, 6.45) is 1.82. The molecule has 1 saturated heterocycles. The number of carbonyl (C=O) groups excluding carboxylic acids is 1. The van der Waals surface area contributed by atoms with E-state index in [2.05, 4.69) is 26.2 Å². The summed E-state index contributed by atoms with van der Waals surface area (Å²) in [5.41, 5.74) is -0.466. The molecule has 2 unspecified atom stereocenters. The number of carbonyl (C=O) groups is 1. The number of ether oxygens (including phenoxy) is 1. The number of rotatable bonds is 3. The van der Waals surface area contributed by atoms with Crippen molar-refractivity contribution in [2.45, 2.75) is 25.0 Å². The van der Waals surface area contributed by atoms with Gasteiger partial charge in [-0.2, -0.15) is 0 Å². The minimum atomic E-state index is -0.972. The van der Waals surface area contributed by atoms with Crippen molar-refractivity contribution < 1.29 is 14.6 Å². The third-order valence-corrected chi connectivity index (χ3v) is 3.64. The first kappa shape index (κ1) is 13.5. The third kappa shape index (κ3) is 2.88. The van der Waals surface area contributed by atoms with E-state index in [-0.39, 0.29) is 18.6 Å². The quantitative estimate of drug-likeness (QED) is 0.820. The van der Waals surface area contributed by atoms with Gasteiger partial charge in [0.25, 0.3) is 5.91 Å². The van der Waals surface area contributed by atoms with Crippen LogP contribution >= 0.6 is 15.9 Å². The first-order valence-electron chi connectivity index (χ1n) is 5.75. The second-order valence-electron chi connectivity index (χ2n) is 4.42. The molecule has 98 valence electrons. The smallest absolute Gasteiger partial charge is 0.251 e. The summed E-state index contributed by atoms with van der Waals surface area (Å²) in [5, 5.41) is 13.0. The Morgan fingerprint density at radius 3 is 3.17 bits per heavy atom. The average molecular weight is 315 g/mol. The van der Waals surface area contributed by atoms with Gasteiger partial charge in [-0.3, -0.25) is 4.79 Å². The van der Waals surface area contributed by atoms with E-state index in [4.69, 9.17) is 4.74 Å². The predicted molar refractivity (Wildman–Crippen MR) is 69.3 cm³/mol. The van der Waals surface area contributed by atoms with E-state index in [1.807, 2.05) is 6.92 Å². The first-order valence-corrected chi connectivity index (χ1v) is 6.54. The van der Waals surface area contributed by atoms with Crippen molar-refractivity contribution in [1.82, 2.24) is 10.3 Å². The van der Waals surface area contributed by atoms with Crippen molar-refractivity contribution >= 4 is 21.8 Å². The normalized spacial score (nSPS) is 27.2. The second kappa shape index (κ2) is 5.34. The number of pyridine rings is 1. The minimum Gasteiger partial charge on any atom is -0.385 e. The maximum Gasteiger partial charge on any atom is 0.251 e. The van der Waals surface area contributed by atoms with Gasteiger partial charge in [0, 0.05) is 31.3 Å². The van der Waals surface area contributed by atoms with Gasteiger partial charge in [0.15, 0.2) is 0 Å². The van der Waals surface area contributed by atoms with Gasteiger partial charge in [0.05, 0.1) is 6.10 Å². The van der Waals surface area contributed by atoms with Gasteiger partial charge in [-0.25, -0.2) is 4.98 Å². The lowest BCUT2D eigenvalue weighted by Gasteiger charge is -2.26. The molecule has 5 nitrogen and oxygen atoms in total. The largest absolute Gasteiger partial charge is 0.385 e. The van der Waals surface area contributed by atoms with Crippen LogP contribution in [-0.4, -0.2) is 40.9 Å². The predicted octanol–water partition coefficient (Wildman–Crippen LogP) is 1.11. The van der Waals surface area contributed by atoms with Gasteiger partial charge in [-0.15, -0.1) is 0 Å². The maximum absolute atomic E-state index is 11.9. The standard InChI is InChI=1S/C12H15BrN2O3/c1-8-12(17,3-5-18-8)7-15-11(16)9-2-4-14-10(13)6-9/h2,4,6,8,17H,3,5,7H2,1H3,(H,15,16). The third-order valence-electron chi connectivity index (χ3n) is 3.20. The summed E-state index contributed by atoms with van der Waals surface area (Å²) in [6, 6.07) is 3.26. The Balaban J connectivity index is 1.96. The van der Waals surface area contributed by atoms with Gasteiger partial charge in [0.2, 0.25) is 0 Å². The van der Waals surface area contributed by atoms with Crippen LogP contribution in [0.3, 0.4) is 0 Å². The lowest BCUT2D eigenvalue weighted by atomic mass is 9.96. The molecule has 6 heteroatoms. The van der Waals surface area contributed by atoms with Crippen LogP contribution in [0.15, 0.2) is 22.9 Å². The molecule has 2 atom stereocenters. The molecule has 18 heavy (non-hydrogen) atoms. The molecular formula is C12H15BrN2O3. The van der Waals surface area contributed by atoms with Crippen molar-refractivity contribution in [2.24, 2.45) is 0 Å². The van der Waals surface area contributed by atoms with E-state index in [0.29, 0.717) is 23.2 Å². The number of aliphatic hydroxyl groups is 1. The van der Waals surface area contributed by atoms with Crippen LogP contribution in [0.25, 0.3) is 0 Å². The molecule has 1 aromatic rings. The van der Waals surface area contributed by atoms with Crippen molar-refractivity contribution in [3.8, 4) is 0 Å². The van der Waals surface area contributed by atoms with Crippen molar-refractivity contribution in [3.63, 3.8) is 0 Å². The maximum atomic E-state index is 11.9. The second-order valence-corrected chi connectivity index (χ2v) is 5.23. The molecule has 1 aliphatic rings. The molecule has 2 rings (SSSR count). The summed E-state index contributed by atoms with van der Waals surface area (Å²) in [5.74, 6) is -0.231. The summed E-state index contributed by atoms with van der Waals surface area (Å²) < 4.78 is 5.91. The molecule has 2 N–H and O–H groups in total. The summed E-state index contributed by atoms with van der Waals surface area (Å²) in [4.78, 5) is 15.8. The highest BCUT2D eigenvalue weighted by Crippen LogP contribution is 2.24. The van der Waals surface area contributed by atoms with Crippen molar-refractivity contribution in [3.05, 3.63) is 28.5 Å². The number of amides is 1. The summed E-state index contributed by atoms with van der Waals surface area (Å²) in [6.45, 7) is 2.52. The Kier molecular flexibility index (Phi) is 3.99. The van der Waals surface area contributed by atoms with Gasteiger partial charge >= 0.3 is 0 Å². The first-order chi connectivity index (χ1) is 8.51. The molecule has 0 spiro atoms. The lowest BCUT2D eigenvalue weighted by Crippen LogP contribution is -2.47. The van der Waals surface area contributed by atoms with Crippen molar-refractivity contribution in [1.29, 1.82) is 0 Å². The number of aromatic nitrogens is 1. The highest BCUT2D eigenvalue weighted by atomic mass is 79.9. The molecule has 1 amide bonds. The van der Waals surface area contributed by atoms with E-state index < -0.39 is 5.60 Å². The molecule has 2 heterocycles. The molecule has 1 fully saturated rings. The number of nitrogens with one attached hydrogen (secondary N) is 1. The topological polar surface area (TPSA) is 71.5 Å². The van der Waals surface area contributed by atoms with Crippen LogP contribution in [-0.2, 0) is 4.74 Å². The van der Waals surface area contributed by atoms with E-state index in [0.717, 1.165) is 0 Å². The number of nitrogens with zero attached hydrogens (tertiary/aromatic N) is 1. The van der Waals surface area contributed by atoms with E-state index in [1.165, 1.54) is 0 Å². The Morgan fingerprint density at radius 1 is 1.78 bits per heavy atom. The van der Waals surface area contributed by atoms with E-state index in [1.54, 1.807) is 18.3 Å². The Labute approximate surface area is 114 Å². The zero-order valence-corrected chi connectivity index (χ0v) is 11.6.